The van der Waals surface area contributed by atoms with Gasteiger partial charge in [0.25, 0.3) is 0 Å². The fourth-order valence-corrected chi connectivity index (χ4v) is 4.24. The van der Waals surface area contributed by atoms with E-state index in [2.05, 4.69) is 12.2 Å². The van der Waals surface area contributed by atoms with Gasteiger partial charge in [0.1, 0.15) is 5.75 Å². The van der Waals surface area contributed by atoms with E-state index in [1.807, 2.05) is 18.2 Å². The molecule has 0 aromatic heterocycles. The fourth-order valence-electron chi connectivity index (χ4n) is 2.90. The Labute approximate surface area is 147 Å². The molecule has 128 valence electrons. The van der Waals surface area contributed by atoms with Gasteiger partial charge in [0.2, 0.25) is 5.91 Å². The highest BCUT2D eigenvalue weighted by atomic mass is 35.5. The Hall–Kier alpha value is -0.910. The highest BCUT2D eigenvalue weighted by Gasteiger charge is 2.29. The van der Waals surface area contributed by atoms with Crippen molar-refractivity contribution in [2.45, 2.75) is 42.8 Å². The first-order chi connectivity index (χ1) is 10.9. The lowest BCUT2D eigenvalue weighted by Crippen LogP contribution is -2.36. The van der Waals surface area contributed by atoms with Crippen molar-refractivity contribution in [1.82, 2.24) is 5.32 Å². The lowest BCUT2D eigenvalue weighted by atomic mass is 9.77. The molecule has 0 bridgehead atoms. The normalized spacial score (nSPS) is 18.4. The number of ether oxygens (including phenoxy) is 1. The van der Waals surface area contributed by atoms with E-state index >= 15 is 0 Å². The molecule has 3 N–H and O–H groups in total. The summed E-state index contributed by atoms with van der Waals surface area (Å²) in [6.45, 7) is 4.42. The van der Waals surface area contributed by atoms with Crippen LogP contribution in [-0.4, -0.2) is 31.4 Å². The molecule has 1 fully saturated rings. The van der Waals surface area contributed by atoms with Crippen LogP contribution in [-0.2, 0) is 4.79 Å². The van der Waals surface area contributed by atoms with E-state index < -0.39 is 0 Å². The quantitative estimate of drug-likeness (QED) is 0.734. The summed E-state index contributed by atoms with van der Waals surface area (Å²) >= 11 is 7.64. The van der Waals surface area contributed by atoms with E-state index in [-0.39, 0.29) is 11.2 Å². The van der Waals surface area contributed by atoms with Crippen LogP contribution in [0.5, 0.6) is 5.75 Å². The summed E-state index contributed by atoms with van der Waals surface area (Å²) in [5.74, 6) is 0.369. The number of amides is 1. The lowest BCUT2D eigenvalue weighted by molar-refractivity contribution is -0.117. The maximum atomic E-state index is 11.8. The van der Waals surface area contributed by atoms with Crippen molar-refractivity contribution in [2.75, 3.05) is 20.2 Å². The Bertz CT molecular complexity index is 547. The van der Waals surface area contributed by atoms with Gasteiger partial charge in [-0.3, -0.25) is 4.79 Å². The first-order valence-corrected chi connectivity index (χ1v) is 9.19. The molecule has 1 aliphatic heterocycles. The molecular formula is C17H25ClN2O2S. The zero-order chi connectivity index (χ0) is 16.9. The zero-order valence-corrected chi connectivity index (χ0v) is 15.3. The van der Waals surface area contributed by atoms with E-state index in [4.69, 9.17) is 22.1 Å². The topological polar surface area (TPSA) is 64.3 Å². The number of halogens is 1. The van der Waals surface area contributed by atoms with Gasteiger partial charge in [-0.25, -0.2) is 0 Å². The Morgan fingerprint density at radius 2 is 2.17 bits per heavy atom. The van der Waals surface area contributed by atoms with E-state index in [0.29, 0.717) is 16.2 Å². The monoisotopic (exact) mass is 356 g/mol. The maximum Gasteiger partial charge on any atom is 0.230 e. The minimum atomic E-state index is -0.264. The average Bonchev–Trinajstić information content (AvgIpc) is 2.52. The Kier molecular flexibility index (Phi) is 6.62. The smallest absolute Gasteiger partial charge is 0.230 e. The van der Waals surface area contributed by atoms with Gasteiger partial charge in [0, 0.05) is 4.90 Å². The number of thioether (sulfide) groups is 1. The van der Waals surface area contributed by atoms with Crippen LogP contribution in [0.2, 0.25) is 5.02 Å². The van der Waals surface area contributed by atoms with Crippen molar-refractivity contribution in [3.05, 3.63) is 23.2 Å². The SMILES string of the molecule is COc1ccc(S[C@H](CCC2(C)CCNCC2)C(N)=O)cc1Cl. The summed E-state index contributed by atoms with van der Waals surface area (Å²) in [7, 11) is 1.58. The number of nitrogens with two attached hydrogens (primary N) is 1. The summed E-state index contributed by atoms with van der Waals surface area (Å²) in [5, 5.41) is 3.70. The fraction of sp³-hybridized carbons (Fsp3) is 0.588. The summed E-state index contributed by atoms with van der Waals surface area (Å²) < 4.78 is 5.15. The summed E-state index contributed by atoms with van der Waals surface area (Å²) in [5.41, 5.74) is 5.91. The van der Waals surface area contributed by atoms with Gasteiger partial charge in [-0.2, -0.15) is 0 Å². The van der Waals surface area contributed by atoms with Crippen molar-refractivity contribution in [1.29, 1.82) is 0 Å². The predicted octanol–water partition coefficient (Wildman–Crippen LogP) is 3.46. The van der Waals surface area contributed by atoms with Gasteiger partial charge in [0.15, 0.2) is 0 Å². The number of hydrogen-bond acceptors (Lipinski definition) is 4. The van der Waals surface area contributed by atoms with E-state index in [9.17, 15) is 4.79 Å². The van der Waals surface area contributed by atoms with Crippen LogP contribution >= 0.6 is 23.4 Å². The molecule has 0 aliphatic carbocycles. The number of rotatable bonds is 7. The number of nitrogens with one attached hydrogen (secondary N) is 1. The number of methoxy groups -OCH3 is 1. The first kappa shape index (κ1) is 18.4. The van der Waals surface area contributed by atoms with Crippen LogP contribution in [0, 0.1) is 5.41 Å². The molecule has 1 atom stereocenters. The van der Waals surface area contributed by atoms with Gasteiger partial charge >= 0.3 is 0 Å². The Morgan fingerprint density at radius 3 is 2.74 bits per heavy atom. The van der Waals surface area contributed by atoms with Crippen molar-refractivity contribution < 1.29 is 9.53 Å². The lowest BCUT2D eigenvalue weighted by Gasteiger charge is -2.34. The van der Waals surface area contributed by atoms with Gasteiger partial charge in [0.05, 0.1) is 17.4 Å². The Morgan fingerprint density at radius 1 is 1.48 bits per heavy atom. The molecule has 0 spiro atoms. The number of carbonyl (C=O) groups excluding carboxylic acids is 1. The van der Waals surface area contributed by atoms with Gasteiger partial charge < -0.3 is 15.8 Å². The predicted molar refractivity (Wildman–Crippen MR) is 96.3 cm³/mol. The van der Waals surface area contributed by atoms with Crippen LogP contribution in [0.25, 0.3) is 0 Å². The molecule has 1 amide bonds. The second-order valence-corrected chi connectivity index (χ2v) is 8.09. The molecule has 0 radical (unpaired) electrons. The second-order valence-electron chi connectivity index (χ2n) is 6.40. The number of primary amides is 1. The minimum absolute atomic E-state index is 0.230. The molecule has 1 aliphatic rings. The van der Waals surface area contributed by atoms with Crippen molar-refractivity contribution in [2.24, 2.45) is 11.1 Å². The standard InChI is InChI=1S/C17H25ClN2O2S/c1-17(7-9-20-10-8-17)6-5-15(16(19)21)23-12-3-4-14(22-2)13(18)11-12/h3-4,11,15,20H,5-10H2,1-2H3,(H2,19,21)/t15-/m1/s1. The molecule has 23 heavy (non-hydrogen) atoms. The number of hydrogen-bond donors (Lipinski definition) is 2. The Balaban J connectivity index is 1.98. The highest BCUT2D eigenvalue weighted by Crippen LogP contribution is 2.37. The van der Waals surface area contributed by atoms with Crippen LogP contribution in [0.15, 0.2) is 23.1 Å². The molecule has 1 heterocycles. The maximum absolute atomic E-state index is 11.8. The molecule has 0 unspecified atom stereocenters. The summed E-state index contributed by atoms with van der Waals surface area (Å²) in [4.78, 5) is 12.8. The van der Waals surface area contributed by atoms with Crippen molar-refractivity contribution in [3.8, 4) is 5.75 Å². The molecule has 4 nitrogen and oxygen atoms in total. The number of benzene rings is 1. The molecule has 0 saturated carbocycles. The van der Waals surface area contributed by atoms with Crippen molar-refractivity contribution in [3.63, 3.8) is 0 Å². The average molecular weight is 357 g/mol. The third kappa shape index (κ3) is 5.30. The van der Waals surface area contributed by atoms with Crippen LogP contribution < -0.4 is 15.8 Å². The van der Waals surface area contributed by atoms with Gasteiger partial charge in [-0.15, -0.1) is 11.8 Å². The highest BCUT2D eigenvalue weighted by molar-refractivity contribution is 8.00. The molecule has 1 aromatic carbocycles. The van der Waals surface area contributed by atoms with Crippen LogP contribution in [0.1, 0.15) is 32.6 Å². The van der Waals surface area contributed by atoms with Crippen LogP contribution in [0.3, 0.4) is 0 Å². The molecular weight excluding hydrogens is 332 g/mol. The third-order valence-corrected chi connectivity index (χ3v) is 6.11. The second kappa shape index (κ2) is 8.27. The number of carbonyl (C=O) groups is 1. The summed E-state index contributed by atoms with van der Waals surface area (Å²) in [6.07, 6.45) is 4.11. The van der Waals surface area contributed by atoms with Gasteiger partial charge in [-0.05, 0) is 62.4 Å². The molecule has 2 rings (SSSR count). The van der Waals surface area contributed by atoms with E-state index in [1.165, 1.54) is 11.8 Å². The van der Waals surface area contributed by atoms with Gasteiger partial charge in [-0.1, -0.05) is 18.5 Å². The first-order valence-electron chi connectivity index (χ1n) is 7.94. The van der Waals surface area contributed by atoms with E-state index in [0.717, 1.165) is 43.7 Å². The molecule has 1 saturated heterocycles. The minimum Gasteiger partial charge on any atom is -0.495 e. The summed E-state index contributed by atoms with van der Waals surface area (Å²) in [6, 6.07) is 5.56. The zero-order valence-electron chi connectivity index (χ0n) is 13.7. The third-order valence-electron chi connectivity index (χ3n) is 4.54. The van der Waals surface area contributed by atoms with Crippen molar-refractivity contribution >= 4 is 29.3 Å². The number of piperidine rings is 1. The largest absolute Gasteiger partial charge is 0.495 e. The van der Waals surface area contributed by atoms with E-state index in [1.54, 1.807) is 7.11 Å². The molecule has 1 aromatic rings. The van der Waals surface area contributed by atoms with Crippen LogP contribution in [0.4, 0.5) is 0 Å². The molecule has 6 heteroatoms.